The molecular weight excluding hydrogens is 340 g/mol. The standard InChI is InChI=1S/C18H15ClN4O2/c1-10(2)24-16-6-4-12(8-14(16)19)18-21-17(23-25-18)11-3-5-15-13(7-11)9-20-22-15/h3-10H,1-2H3,(H,20,22)/i3D,7D,9D/hD. The predicted molar refractivity (Wildman–Crippen MR) is 95.6 cm³/mol. The molecular formula is C18H15ClN4O2. The van der Waals surface area contributed by atoms with Crippen LogP contribution >= 0.6 is 11.6 Å². The minimum atomic E-state index is -0.225. The maximum absolute atomic E-state index is 8.38. The summed E-state index contributed by atoms with van der Waals surface area (Å²) in [7, 11) is 0. The van der Waals surface area contributed by atoms with Crippen LogP contribution in [0.15, 0.2) is 47.0 Å². The average molecular weight is 359 g/mol. The number of benzene rings is 2. The average Bonchev–Trinajstić information content (AvgIpc) is 3.22. The molecule has 0 unspecified atom stereocenters. The Morgan fingerprint density at radius 3 is 3.00 bits per heavy atom. The van der Waals surface area contributed by atoms with E-state index in [1.54, 1.807) is 18.2 Å². The summed E-state index contributed by atoms with van der Waals surface area (Å²) in [6.07, 6.45) is -0.248. The molecule has 2 aromatic carbocycles. The fraction of sp³-hybridized carbons (Fsp3) is 0.167. The van der Waals surface area contributed by atoms with Crippen LogP contribution in [0.3, 0.4) is 0 Å². The number of aromatic amines is 1. The van der Waals surface area contributed by atoms with Crippen molar-refractivity contribution in [1.29, 1.82) is 0 Å². The van der Waals surface area contributed by atoms with Gasteiger partial charge in [-0.15, -0.1) is 0 Å². The zero-order valence-corrected chi connectivity index (χ0v) is 14.1. The molecule has 0 bridgehead atoms. The van der Waals surface area contributed by atoms with Gasteiger partial charge in [-0.3, -0.25) is 5.09 Å². The molecule has 1 N–H and O–H groups in total. The minimum absolute atomic E-state index is 0.0239. The Kier molecular flexibility index (Phi) is 2.90. The second-order valence-electron chi connectivity index (χ2n) is 5.60. The van der Waals surface area contributed by atoms with E-state index < -0.39 is 0 Å². The van der Waals surface area contributed by atoms with Crippen molar-refractivity contribution in [1.82, 2.24) is 20.3 Å². The second kappa shape index (κ2) is 6.22. The van der Waals surface area contributed by atoms with E-state index >= 15 is 0 Å². The molecule has 0 atom stereocenters. The van der Waals surface area contributed by atoms with Crippen LogP contribution in [0.2, 0.25) is 6.43 Å². The van der Waals surface area contributed by atoms with Crippen molar-refractivity contribution in [2.75, 3.05) is 0 Å². The van der Waals surface area contributed by atoms with Crippen LogP contribution in [0, 0.1) is 0 Å². The molecule has 0 aliphatic heterocycles. The molecule has 2 heterocycles. The number of halogens is 1. The Morgan fingerprint density at radius 2 is 2.20 bits per heavy atom. The molecule has 0 spiro atoms. The Morgan fingerprint density at radius 1 is 1.32 bits per heavy atom. The van der Waals surface area contributed by atoms with E-state index in [9.17, 15) is 0 Å². The first-order valence-corrected chi connectivity index (χ1v) is 7.93. The molecule has 4 rings (SSSR count). The van der Waals surface area contributed by atoms with E-state index in [4.69, 9.17) is 26.4 Å². The van der Waals surface area contributed by atoms with Crippen molar-refractivity contribution in [2.24, 2.45) is 0 Å². The number of ether oxygens (including phenoxy) is 1. The molecule has 0 saturated carbocycles. The number of aromatic nitrogens is 4. The van der Waals surface area contributed by atoms with Crippen LogP contribution in [0.1, 0.15) is 18.0 Å². The van der Waals surface area contributed by atoms with Crippen molar-refractivity contribution in [2.45, 2.75) is 20.0 Å². The normalized spacial score (nSPS) is 13.6. The molecule has 7 heteroatoms. The van der Waals surface area contributed by atoms with E-state index in [0.29, 0.717) is 16.3 Å². The molecule has 0 radical (unpaired) electrons. The van der Waals surface area contributed by atoms with Gasteiger partial charge in [-0.1, -0.05) is 16.8 Å². The van der Waals surface area contributed by atoms with Gasteiger partial charge in [-0.25, -0.2) is 0 Å². The molecule has 0 saturated heterocycles. The molecule has 2 aromatic heterocycles. The van der Waals surface area contributed by atoms with E-state index in [0.717, 1.165) is 5.09 Å². The summed E-state index contributed by atoms with van der Waals surface area (Å²) in [6.45, 7) is 3.80. The fourth-order valence-corrected chi connectivity index (χ4v) is 2.50. The Balaban J connectivity index is 1.77. The van der Waals surface area contributed by atoms with Crippen LogP contribution < -0.4 is 4.74 Å². The lowest BCUT2D eigenvalue weighted by molar-refractivity contribution is 0.242. The first-order valence-electron chi connectivity index (χ1n) is 9.50. The molecule has 6 nitrogen and oxygen atoms in total. The molecule has 0 aliphatic rings. The van der Waals surface area contributed by atoms with Crippen LogP contribution in [0.5, 0.6) is 5.75 Å². The molecule has 126 valence electrons. The zero-order valence-electron chi connectivity index (χ0n) is 17.4. The van der Waals surface area contributed by atoms with Gasteiger partial charge in [0.25, 0.3) is 5.89 Å². The van der Waals surface area contributed by atoms with Gasteiger partial charge in [0.15, 0.2) is 1.41 Å². The number of rotatable bonds is 4. The number of H-pyrrole nitrogens is 1. The van der Waals surface area contributed by atoms with Crippen molar-refractivity contribution in [3.05, 3.63) is 47.5 Å². The van der Waals surface area contributed by atoms with E-state index in [1.165, 1.54) is 6.07 Å². The number of nitrogens with one attached hydrogen (secondary N) is 1. The summed E-state index contributed by atoms with van der Waals surface area (Å²) in [5.41, 5.74) is 0.856. The maximum Gasteiger partial charge on any atom is 0.258 e. The highest BCUT2D eigenvalue weighted by atomic mass is 35.5. The smallest absolute Gasteiger partial charge is 0.258 e. The Hall–Kier alpha value is -2.86. The van der Waals surface area contributed by atoms with Crippen LogP contribution in [-0.4, -0.2) is 26.4 Å². The van der Waals surface area contributed by atoms with Crippen molar-refractivity contribution in [3.63, 3.8) is 0 Å². The van der Waals surface area contributed by atoms with Gasteiger partial charge < -0.3 is 9.26 Å². The lowest BCUT2D eigenvalue weighted by atomic mass is 10.1. The largest absolute Gasteiger partial charge is 0.489 e. The van der Waals surface area contributed by atoms with Gasteiger partial charge in [-0.2, -0.15) is 10.1 Å². The summed E-state index contributed by atoms with van der Waals surface area (Å²) in [5.74, 6) is 0.736. The monoisotopic (exact) mass is 358 g/mol. The Labute approximate surface area is 154 Å². The highest BCUT2D eigenvalue weighted by Gasteiger charge is 2.13. The van der Waals surface area contributed by atoms with Crippen LogP contribution in [-0.2, 0) is 0 Å². The second-order valence-corrected chi connectivity index (χ2v) is 6.00. The van der Waals surface area contributed by atoms with Gasteiger partial charge in [0.1, 0.15) is 5.75 Å². The van der Waals surface area contributed by atoms with Gasteiger partial charge in [0, 0.05) is 16.5 Å². The number of hydrogen-bond donors (Lipinski definition) is 1. The molecule has 25 heavy (non-hydrogen) atoms. The van der Waals surface area contributed by atoms with Crippen molar-refractivity contribution < 1.29 is 14.8 Å². The van der Waals surface area contributed by atoms with Gasteiger partial charge in [0.05, 0.1) is 26.9 Å². The third-order valence-electron chi connectivity index (χ3n) is 3.37. The van der Waals surface area contributed by atoms with E-state index in [-0.39, 0.29) is 52.5 Å². The minimum Gasteiger partial charge on any atom is -0.489 e. The van der Waals surface area contributed by atoms with E-state index in [1.807, 2.05) is 13.8 Å². The summed E-state index contributed by atoms with van der Waals surface area (Å²) < 4.78 is 43.1. The number of hydrogen-bond acceptors (Lipinski definition) is 5. The lowest BCUT2D eigenvalue weighted by Gasteiger charge is -2.11. The maximum atomic E-state index is 8.38. The van der Waals surface area contributed by atoms with Gasteiger partial charge in [0.2, 0.25) is 5.82 Å². The number of fused-ring (bicyclic) bond motifs is 1. The molecule has 0 fully saturated rings. The van der Waals surface area contributed by atoms with Crippen LogP contribution in [0.25, 0.3) is 33.7 Å². The summed E-state index contributed by atoms with van der Waals surface area (Å²) in [4.78, 5) is 4.29. The van der Waals surface area contributed by atoms with Crippen molar-refractivity contribution >= 4 is 22.5 Å². The Bertz CT molecular complexity index is 1240. The fourth-order valence-electron chi connectivity index (χ4n) is 2.28. The molecule has 0 aliphatic carbocycles. The summed E-state index contributed by atoms with van der Waals surface area (Å²) in [6, 6.07) is 6.19. The van der Waals surface area contributed by atoms with Gasteiger partial charge in [-0.05, 0) is 50.2 Å². The topological polar surface area (TPSA) is 76.8 Å². The lowest BCUT2D eigenvalue weighted by Crippen LogP contribution is -2.05. The van der Waals surface area contributed by atoms with E-state index in [2.05, 4.69) is 15.2 Å². The highest BCUT2D eigenvalue weighted by Crippen LogP contribution is 2.31. The first kappa shape index (κ1) is 11.7. The van der Waals surface area contributed by atoms with Gasteiger partial charge >= 0.3 is 0 Å². The zero-order chi connectivity index (χ0) is 20.9. The van der Waals surface area contributed by atoms with Crippen LogP contribution in [0.4, 0.5) is 0 Å². The summed E-state index contributed by atoms with van der Waals surface area (Å²) >= 11 is 6.26. The molecule has 0 amide bonds. The SMILES string of the molecule is [2H]c1cc2c(c([2H])nn2[2H])c([2H])c1-c1noc(-c2ccc(OC(C)C)c(Cl)c2)n1. The summed E-state index contributed by atoms with van der Waals surface area (Å²) in [5, 5.41) is 8.83. The highest BCUT2D eigenvalue weighted by molar-refractivity contribution is 6.32. The third-order valence-corrected chi connectivity index (χ3v) is 3.67. The van der Waals surface area contributed by atoms with Crippen molar-refractivity contribution in [3.8, 4) is 28.6 Å². The third kappa shape index (κ3) is 3.08. The number of nitrogens with zero attached hydrogens (tertiary/aromatic N) is 3. The molecule has 4 aromatic rings. The first-order chi connectivity index (χ1) is 13.8. The predicted octanol–water partition coefficient (Wildman–Crippen LogP) is 4.72. The quantitative estimate of drug-likeness (QED) is 0.571.